The summed E-state index contributed by atoms with van der Waals surface area (Å²) in [6.45, 7) is 2.61. The lowest BCUT2D eigenvalue weighted by Gasteiger charge is -2.12. The number of rotatable bonds is 7. The van der Waals surface area contributed by atoms with Crippen molar-refractivity contribution in [3.05, 3.63) is 54.4 Å². The molecular weight excluding hydrogens is 403 g/mol. The first-order chi connectivity index (χ1) is 10.8. The first-order valence-corrected chi connectivity index (χ1v) is 7.50. The molecule has 1 aromatic heterocycles. The molecule has 0 amide bonds. The summed E-state index contributed by atoms with van der Waals surface area (Å²) in [5.41, 5.74) is 1.27. The number of aliphatic imine (C=N–C) groups is 1. The van der Waals surface area contributed by atoms with Crippen molar-refractivity contribution in [1.29, 1.82) is 0 Å². The van der Waals surface area contributed by atoms with Crippen LogP contribution in [-0.4, -0.2) is 37.8 Å². The van der Waals surface area contributed by atoms with Gasteiger partial charge in [0, 0.05) is 39.1 Å². The normalized spacial score (nSPS) is 10.8. The van der Waals surface area contributed by atoms with Crippen LogP contribution in [0.3, 0.4) is 0 Å². The maximum absolute atomic E-state index is 5.16. The third kappa shape index (κ3) is 6.94. The van der Waals surface area contributed by atoms with Crippen LogP contribution < -0.4 is 15.4 Å². The van der Waals surface area contributed by atoms with E-state index in [2.05, 4.69) is 44.7 Å². The van der Waals surface area contributed by atoms with E-state index in [1.54, 1.807) is 14.2 Å². The Morgan fingerprint density at radius 3 is 2.35 bits per heavy atom. The largest absolute Gasteiger partial charge is 0.497 e. The quantitative estimate of drug-likeness (QED) is 0.405. The minimum Gasteiger partial charge on any atom is -0.497 e. The van der Waals surface area contributed by atoms with Gasteiger partial charge in [-0.3, -0.25) is 4.99 Å². The molecule has 2 N–H and O–H groups in total. The highest BCUT2D eigenvalue weighted by atomic mass is 127. The van der Waals surface area contributed by atoms with Gasteiger partial charge in [0.25, 0.3) is 0 Å². The molecule has 23 heavy (non-hydrogen) atoms. The summed E-state index contributed by atoms with van der Waals surface area (Å²) >= 11 is 0. The third-order valence-corrected chi connectivity index (χ3v) is 3.42. The van der Waals surface area contributed by atoms with Gasteiger partial charge in [-0.15, -0.1) is 24.0 Å². The maximum atomic E-state index is 5.16. The summed E-state index contributed by atoms with van der Waals surface area (Å²) in [6.07, 6.45) is 5.06. The Bertz CT molecular complexity index is 567. The van der Waals surface area contributed by atoms with Gasteiger partial charge in [0.05, 0.1) is 7.11 Å². The number of hydrogen-bond acceptors (Lipinski definition) is 2. The summed E-state index contributed by atoms with van der Waals surface area (Å²) in [5.74, 6) is 1.72. The van der Waals surface area contributed by atoms with E-state index in [1.807, 2.05) is 24.3 Å². The van der Waals surface area contributed by atoms with Gasteiger partial charge in [0.1, 0.15) is 5.75 Å². The number of aromatic nitrogens is 1. The van der Waals surface area contributed by atoms with Crippen molar-refractivity contribution >= 4 is 29.9 Å². The van der Waals surface area contributed by atoms with Gasteiger partial charge in [-0.2, -0.15) is 0 Å². The zero-order valence-corrected chi connectivity index (χ0v) is 16.0. The molecule has 0 atom stereocenters. The molecule has 126 valence electrons. The van der Waals surface area contributed by atoms with Crippen molar-refractivity contribution in [2.75, 3.05) is 27.2 Å². The van der Waals surface area contributed by atoms with Gasteiger partial charge in [0.2, 0.25) is 0 Å². The fourth-order valence-corrected chi connectivity index (χ4v) is 2.16. The Labute approximate surface area is 155 Å². The summed E-state index contributed by atoms with van der Waals surface area (Å²) < 4.78 is 7.29. The molecule has 2 aromatic rings. The molecule has 0 spiro atoms. The van der Waals surface area contributed by atoms with E-state index in [1.165, 1.54) is 5.56 Å². The third-order valence-electron chi connectivity index (χ3n) is 3.42. The van der Waals surface area contributed by atoms with Crippen molar-refractivity contribution in [3.63, 3.8) is 0 Å². The Morgan fingerprint density at radius 1 is 1.09 bits per heavy atom. The lowest BCUT2D eigenvalue weighted by atomic mass is 10.1. The summed E-state index contributed by atoms with van der Waals surface area (Å²) in [4.78, 5) is 4.23. The topological polar surface area (TPSA) is 50.6 Å². The molecule has 0 aliphatic heterocycles. The van der Waals surface area contributed by atoms with Crippen molar-refractivity contribution in [2.24, 2.45) is 4.99 Å². The van der Waals surface area contributed by atoms with Crippen molar-refractivity contribution in [2.45, 2.75) is 13.0 Å². The van der Waals surface area contributed by atoms with Crippen LogP contribution in [0, 0.1) is 0 Å². The number of halogens is 1. The molecule has 0 aliphatic carbocycles. The average Bonchev–Trinajstić information content (AvgIpc) is 3.07. The summed E-state index contributed by atoms with van der Waals surface area (Å²) in [5, 5.41) is 6.64. The van der Waals surface area contributed by atoms with Gasteiger partial charge in [0.15, 0.2) is 5.96 Å². The molecule has 1 aromatic carbocycles. The van der Waals surface area contributed by atoms with E-state index in [9.17, 15) is 0 Å². The fourth-order valence-electron chi connectivity index (χ4n) is 2.16. The molecule has 0 saturated heterocycles. The molecule has 1 heterocycles. The number of ether oxygens (including phenoxy) is 1. The number of guanidine groups is 1. The Morgan fingerprint density at radius 2 is 1.74 bits per heavy atom. The SMILES string of the molecule is CN=C(NCCc1ccc(OC)cc1)NCCn1cccc1.I. The van der Waals surface area contributed by atoms with Crippen LogP contribution in [0.2, 0.25) is 0 Å². The monoisotopic (exact) mass is 428 g/mol. The van der Waals surface area contributed by atoms with E-state index >= 15 is 0 Å². The Hall–Kier alpha value is -1.70. The molecule has 0 aliphatic rings. The maximum Gasteiger partial charge on any atom is 0.191 e. The van der Waals surface area contributed by atoms with E-state index in [0.717, 1.165) is 37.8 Å². The predicted molar refractivity (Wildman–Crippen MR) is 106 cm³/mol. The highest BCUT2D eigenvalue weighted by Gasteiger charge is 1.98. The predicted octanol–water partition coefficient (Wildman–Crippen LogP) is 2.52. The molecule has 5 nitrogen and oxygen atoms in total. The Balaban J connectivity index is 0.00000264. The van der Waals surface area contributed by atoms with E-state index in [-0.39, 0.29) is 24.0 Å². The summed E-state index contributed by atoms with van der Waals surface area (Å²) in [6, 6.07) is 12.2. The molecule has 6 heteroatoms. The van der Waals surface area contributed by atoms with Crippen LogP contribution in [-0.2, 0) is 13.0 Å². The minimum atomic E-state index is 0. The first kappa shape index (κ1) is 19.3. The van der Waals surface area contributed by atoms with Gasteiger partial charge in [-0.05, 0) is 36.2 Å². The zero-order valence-electron chi connectivity index (χ0n) is 13.7. The molecule has 0 radical (unpaired) electrons. The average molecular weight is 428 g/mol. The summed E-state index contributed by atoms with van der Waals surface area (Å²) in [7, 11) is 3.47. The van der Waals surface area contributed by atoms with Crippen LogP contribution in [0.5, 0.6) is 5.75 Å². The second-order valence-electron chi connectivity index (χ2n) is 4.94. The van der Waals surface area contributed by atoms with Crippen LogP contribution in [0.15, 0.2) is 53.8 Å². The standard InChI is InChI=1S/C17H24N4O.HI/c1-18-17(20-11-14-21-12-3-4-13-21)19-10-9-15-5-7-16(22-2)8-6-15;/h3-8,12-13H,9-11,14H2,1-2H3,(H2,18,19,20);1H. The van der Waals surface area contributed by atoms with Gasteiger partial charge in [-0.1, -0.05) is 12.1 Å². The van der Waals surface area contributed by atoms with Crippen molar-refractivity contribution in [3.8, 4) is 5.75 Å². The second-order valence-corrected chi connectivity index (χ2v) is 4.94. The van der Waals surface area contributed by atoms with E-state index in [4.69, 9.17) is 4.74 Å². The lowest BCUT2D eigenvalue weighted by molar-refractivity contribution is 0.414. The molecular formula is C17H25IN4O. The lowest BCUT2D eigenvalue weighted by Crippen LogP contribution is -2.39. The van der Waals surface area contributed by atoms with E-state index in [0.29, 0.717) is 0 Å². The van der Waals surface area contributed by atoms with Crippen LogP contribution in [0.25, 0.3) is 0 Å². The first-order valence-electron chi connectivity index (χ1n) is 7.50. The highest BCUT2D eigenvalue weighted by molar-refractivity contribution is 14.0. The minimum absolute atomic E-state index is 0. The van der Waals surface area contributed by atoms with Crippen LogP contribution in [0.1, 0.15) is 5.56 Å². The fraction of sp³-hybridized carbons (Fsp3) is 0.353. The number of hydrogen-bond donors (Lipinski definition) is 2. The molecule has 2 rings (SSSR count). The molecule has 0 unspecified atom stereocenters. The number of benzene rings is 1. The van der Waals surface area contributed by atoms with E-state index < -0.39 is 0 Å². The van der Waals surface area contributed by atoms with Gasteiger partial charge < -0.3 is 19.9 Å². The Kier molecular flexibility index (Phi) is 9.20. The number of nitrogens with zero attached hydrogens (tertiary/aromatic N) is 2. The van der Waals surface area contributed by atoms with Gasteiger partial charge in [-0.25, -0.2) is 0 Å². The molecule has 0 saturated carbocycles. The van der Waals surface area contributed by atoms with Crippen LogP contribution >= 0.6 is 24.0 Å². The smallest absolute Gasteiger partial charge is 0.191 e. The highest BCUT2D eigenvalue weighted by Crippen LogP contribution is 2.11. The van der Waals surface area contributed by atoms with Crippen molar-refractivity contribution < 1.29 is 4.74 Å². The zero-order chi connectivity index (χ0) is 15.6. The van der Waals surface area contributed by atoms with Gasteiger partial charge >= 0.3 is 0 Å². The van der Waals surface area contributed by atoms with Crippen LogP contribution in [0.4, 0.5) is 0 Å². The van der Waals surface area contributed by atoms with Crippen molar-refractivity contribution in [1.82, 2.24) is 15.2 Å². The second kappa shape index (κ2) is 10.9. The number of methoxy groups -OCH3 is 1. The number of nitrogens with one attached hydrogen (secondary N) is 2. The molecule has 0 fully saturated rings. The molecule has 0 bridgehead atoms.